The molecular formula is C23H27FN2O3. The standard InChI is InChI=1S/C23H27FN2O3/c1-2-21(27)26(16-17-10-12-19(24)13-11-17)22(18-7-4-3-5-8-18)23(28)25-15-20-9-6-14-29-20/h3-5,7-8,10-13,20,22H,2,6,9,14-16H2,1H3,(H,25,28)/t20-,22+/m0/s1. The molecule has 6 heteroatoms. The number of halogens is 1. The van der Waals surface area contributed by atoms with Crippen LogP contribution < -0.4 is 5.32 Å². The number of ether oxygens (including phenoxy) is 1. The van der Waals surface area contributed by atoms with Crippen LogP contribution in [0.2, 0.25) is 0 Å². The van der Waals surface area contributed by atoms with Gasteiger partial charge in [0.2, 0.25) is 11.8 Å². The first-order valence-corrected chi connectivity index (χ1v) is 10.1. The Kier molecular flexibility index (Phi) is 7.36. The van der Waals surface area contributed by atoms with Crippen molar-refractivity contribution in [1.29, 1.82) is 0 Å². The van der Waals surface area contributed by atoms with E-state index in [0.717, 1.165) is 24.0 Å². The summed E-state index contributed by atoms with van der Waals surface area (Å²) in [6.07, 6.45) is 2.20. The zero-order valence-electron chi connectivity index (χ0n) is 16.6. The quantitative estimate of drug-likeness (QED) is 0.739. The predicted octanol–water partition coefficient (Wildman–Crippen LogP) is 3.60. The molecule has 1 aliphatic rings. The first-order chi connectivity index (χ1) is 14.1. The molecule has 0 unspecified atom stereocenters. The van der Waals surface area contributed by atoms with Crippen molar-refractivity contribution < 1.29 is 18.7 Å². The summed E-state index contributed by atoms with van der Waals surface area (Å²) < 4.78 is 18.9. The average Bonchev–Trinajstić information content (AvgIpc) is 3.27. The molecule has 1 saturated heterocycles. The van der Waals surface area contributed by atoms with Crippen molar-refractivity contribution in [1.82, 2.24) is 10.2 Å². The molecule has 1 fully saturated rings. The van der Waals surface area contributed by atoms with Gasteiger partial charge in [0.1, 0.15) is 11.9 Å². The van der Waals surface area contributed by atoms with Crippen molar-refractivity contribution in [2.24, 2.45) is 0 Å². The summed E-state index contributed by atoms with van der Waals surface area (Å²) in [5, 5.41) is 2.96. The normalized spacial score (nSPS) is 17.0. The third-order valence-corrected chi connectivity index (χ3v) is 5.09. The maximum atomic E-state index is 13.3. The number of carbonyl (C=O) groups is 2. The average molecular weight is 398 g/mol. The van der Waals surface area contributed by atoms with Crippen LogP contribution in [0.4, 0.5) is 4.39 Å². The van der Waals surface area contributed by atoms with Crippen molar-refractivity contribution in [2.45, 2.75) is 44.9 Å². The number of benzene rings is 2. The lowest BCUT2D eigenvalue weighted by molar-refractivity contribution is -0.141. The van der Waals surface area contributed by atoms with Crippen LogP contribution in [0.3, 0.4) is 0 Å². The lowest BCUT2D eigenvalue weighted by Gasteiger charge is -2.31. The van der Waals surface area contributed by atoms with Crippen LogP contribution in [0.5, 0.6) is 0 Å². The highest BCUT2D eigenvalue weighted by Crippen LogP contribution is 2.25. The van der Waals surface area contributed by atoms with Crippen LogP contribution in [0.15, 0.2) is 54.6 Å². The molecule has 0 bridgehead atoms. The molecule has 154 valence electrons. The lowest BCUT2D eigenvalue weighted by Crippen LogP contribution is -2.44. The van der Waals surface area contributed by atoms with Gasteiger partial charge in [-0.2, -0.15) is 0 Å². The van der Waals surface area contributed by atoms with Gasteiger partial charge in [-0.05, 0) is 36.1 Å². The second-order valence-electron chi connectivity index (χ2n) is 7.20. The third kappa shape index (κ3) is 5.64. The minimum absolute atomic E-state index is 0.0165. The number of hydrogen-bond donors (Lipinski definition) is 1. The van der Waals surface area contributed by atoms with Gasteiger partial charge in [0, 0.05) is 26.1 Å². The van der Waals surface area contributed by atoms with E-state index in [4.69, 9.17) is 4.74 Å². The highest BCUT2D eigenvalue weighted by molar-refractivity contribution is 5.88. The van der Waals surface area contributed by atoms with Gasteiger partial charge in [-0.15, -0.1) is 0 Å². The van der Waals surface area contributed by atoms with Gasteiger partial charge in [-0.1, -0.05) is 49.4 Å². The van der Waals surface area contributed by atoms with E-state index in [0.29, 0.717) is 13.2 Å². The maximum Gasteiger partial charge on any atom is 0.247 e. The van der Waals surface area contributed by atoms with Gasteiger partial charge in [-0.3, -0.25) is 9.59 Å². The highest BCUT2D eigenvalue weighted by Gasteiger charge is 2.31. The van der Waals surface area contributed by atoms with Crippen LogP contribution >= 0.6 is 0 Å². The summed E-state index contributed by atoms with van der Waals surface area (Å²) in [6, 6.07) is 14.5. The van der Waals surface area contributed by atoms with Crippen molar-refractivity contribution in [3.63, 3.8) is 0 Å². The highest BCUT2D eigenvalue weighted by atomic mass is 19.1. The molecule has 2 amide bonds. The Hall–Kier alpha value is -2.73. The van der Waals surface area contributed by atoms with Crippen molar-refractivity contribution in [3.8, 4) is 0 Å². The zero-order valence-corrected chi connectivity index (χ0v) is 16.6. The van der Waals surface area contributed by atoms with Gasteiger partial charge >= 0.3 is 0 Å². The summed E-state index contributed by atoms with van der Waals surface area (Å²) in [7, 11) is 0. The van der Waals surface area contributed by atoms with Gasteiger partial charge in [0.15, 0.2) is 0 Å². The summed E-state index contributed by atoms with van der Waals surface area (Å²) in [6.45, 7) is 3.13. The molecule has 1 aliphatic heterocycles. The molecule has 0 aromatic heterocycles. The smallest absolute Gasteiger partial charge is 0.247 e. The molecule has 0 saturated carbocycles. The zero-order chi connectivity index (χ0) is 20.6. The second-order valence-corrected chi connectivity index (χ2v) is 7.20. The summed E-state index contributed by atoms with van der Waals surface area (Å²) in [4.78, 5) is 27.6. The van der Waals surface area contributed by atoms with Gasteiger partial charge in [0.25, 0.3) is 0 Å². The van der Waals surface area contributed by atoms with Gasteiger partial charge in [-0.25, -0.2) is 4.39 Å². The van der Waals surface area contributed by atoms with Crippen molar-refractivity contribution >= 4 is 11.8 Å². The van der Waals surface area contributed by atoms with Crippen molar-refractivity contribution in [3.05, 3.63) is 71.5 Å². The number of carbonyl (C=O) groups excluding carboxylic acids is 2. The lowest BCUT2D eigenvalue weighted by atomic mass is 10.0. The molecule has 1 heterocycles. The minimum Gasteiger partial charge on any atom is -0.376 e. The number of nitrogens with zero attached hydrogens (tertiary/aromatic N) is 1. The molecule has 0 spiro atoms. The first kappa shape index (κ1) is 21.0. The van der Waals surface area contributed by atoms with Crippen LogP contribution in [-0.4, -0.2) is 36.0 Å². The maximum absolute atomic E-state index is 13.3. The Labute approximate surface area is 170 Å². The summed E-state index contributed by atoms with van der Waals surface area (Å²) in [5.41, 5.74) is 1.50. The molecule has 5 nitrogen and oxygen atoms in total. The van der Waals surface area contributed by atoms with E-state index in [9.17, 15) is 14.0 Å². The number of nitrogens with one attached hydrogen (secondary N) is 1. The summed E-state index contributed by atoms with van der Waals surface area (Å²) >= 11 is 0. The van der Waals surface area contributed by atoms with Crippen LogP contribution in [0.25, 0.3) is 0 Å². The minimum atomic E-state index is -0.768. The summed E-state index contributed by atoms with van der Waals surface area (Å²) in [5.74, 6) is -0.720. The Morgan fingerprint density at radius 1 is 1.17 bits per heavy atom. The molecule has 0 aliphatic carbocycles. The second kappa shape index (κ2) is 10.2. The van der Waals surface area contributed by atoms with E-state index < -0.39 is 6.04 Å². The Morgan fingerprint density at radius 2 is 1.90 bits per heavy atom. The first-order valence-electron chi connectivity index (χ1n) is 10.1. The molecule has 2 aromatic rings. The number of rotatable bonds is 8. The van der Waals surface area contributed by atoms with E-state index in [1.807, 2.05) is 30.3 Å². The third-order valence-electron chi connectivity index (χ3n) is 5.09. The number of amides is 2. The SMILES string of the molecule is CCC(=O)N(Cc1ccc(F)cc1)[C@@H](C(=O)NC[C@@H]1CCCO1)c1ccccc1. The Balaban J connectivity index is 1.86. The monoisotopic (exact) mass is 398 g/mol. The van der Waals surface area contributed by atoms with Crippen LogP contribution in [0, 0.1) is 5.82 Å². The molecule has 1 N–H and O–H groups in total. The molecule has 2 aromatic carbocycles. The Bertz CT molecular complexity index is 805. The van der Waals surface area contributed by atoms with E-state index >= 15 is 0 Å². The van der Waals surface area contributed by atoms with E-state index in [1.54, 1.807) is 24.0 Å². The topological polar surface area (TPSA) is 58.6 Å². The Morgan fingerprint density at radius 3 is 2.52 bits per heavy atom. The largest absolute Gasteiger partial charge is 0.376 e. The van der Waals surface area contributed by atoms with Crippen LogP contribution in [0.1, 0.15) is 43.4 Å². The van der Waals surface area contributed by atoms with Crippen molar-refractivity contribution in [2.75, 3.05) is 13.2 Å². The van der Waals surface area contributed by atoms with E-state index in [1.165, 1.54) is 12.1 Å². The molecule has 29 heavy (non-hydrogen) atoms. The fraction of sp³-hybridized carbons (Fsp3) is 0.391. The van der Waals surface area contributed by atoms with E-state index in [2.05, 4.69) is 5.32 Å². The van der Waals surface area contributed by atoms with Gasteiger partial charge < -0.3 is 15.0 Å². The molecule has 0 radical (unpaired) electrons. The predicted molar refractivity (Wildman–Crippen MR) is 108 cm³/mol. The van der Waals surface area contributed by atoms with Crippen LogP contribution in [-0.2, 0) is 20.9 Å². The molecular weight excluding hydrogens is 371 g/mol. The van der Waals surface area contributed by atoms with E-state index in [-0.39, 0.29) is 36.7 Å². The van der Waals surface area contributed by atoms with Gasteiger partial charge in [0.05, 0.1) is 6.10 Å². The fourth-order valence-corrected chi connectivity index (χ4v) is 3.54. The molecule has 3 rings (SSSR count). The molecule has 2 atom stereocenters. The fourth-order valence-electron chi connectivity index (χ4n) is 3.54. The number of hydrogen-bond acceptors (Lipinski definition) is 3.